The Balaban J connectivity index is 1.57. The van der Waals surface area contributed by atoms with E-state index in [-0.39, 0.29) is 41.1 Å². The molecule has 2 amide bonds. The van der Waals surface area contributed by atoms with Crippen LogP contribution in [0.2, 0.25) is 0 Å². The number of aromatic nitrogens is 1. The van der Waals surface area contributed by atoms with Crippen molar-refractivity contribution in [3.8, 4) is 5.75 Å². The van der Waals surface area contributed by atoms with Crippen molar-refractivity contribution in [1.29, 1.82) is 0 Å². The molecule has 0 bridgehead atoms. The van der Waals surface area contributed by atoms with Gasteiger partial charge in [0.05, 0.1) is 25.3 Å². The molecule has 2 aliphatic heterocycles. The molecular formula is C20H21N3O6S. The Morgan fingerprint density at radius 3 is 2.80 bits per heavy atom. The van der Waals surface area contributed by atoms with Crippen LogP contribution in [0.15, 0.2) is 41.4 Å². The lowest BCUT2D eigenvalue weighted by Crippen LogP contribution is -2.32. The van der Waals surface area contributed by atoms with Gasteiger partial charge < -0.3 is 9.47 Å². The smallest absolute Gasteiger partial charge is 0.280 e. The van der Waals surface area contributed by atoms with Crippen LogP contribution in [0, 0.1) is 0 Å². The zero-order chi connectivity index (χ0) is 21.3. The van der Waals surface area contributed by atoms with Crippen LogP contribution >= 0.6 is 0 Å². The second-order valence-electron chi connectivity index (χ2n) is 7.07. The van der Waals surface area contributed by atoms with Crippen LogP contribution in [-0.4, -0.2) is 56.5 Å². The van der Waals surface area contributed by atoms with Gasteiger partial charge in [0.1, 0.15) is 16.3 Å². The highest BCUT2D eigenvalue weighted by molar-refractivity contribution is 7.89. The Hall–Kier alpha value is -2.82. The lowest BCUT2D eigenvalue weighted by Gasteiger charge is -2.17. The molecule has 10 heteroatoms. The number of imide groups is 1. The van der Waals surface area contributed by atoms with Gasteiger partial charge in [-0.2, -0.15) is 0 Å². The Morgan fingerprint density at radius 1 is 1.27 bits per heavy atom. The first-order valence-electron chi connectivity index (χ1n) is 9.50. The number of benzene rings is 1. The van der Waals surface area contributed by atoms with Crippen molar-refractivity contribution in [1.82, 2.24) is 14.6 Å². The van der Waals surface area contributed by atoms with E-state index in [9.17, 15) is 18.0 Å². The Labute approximate surface area is 174 Å². The fourth-order valence-corrected chi connectivity index (χ4v) is 4.84. The second kappa shape index (κ2) is 8.13. The SMILES string of the molecule is COc1ccc(CN2C(=O)c3cccnc3C2=O)cc1S(=O)(=O)NC[C@H]1CCCO1. The number of nitrogens with one attached hydrogen (secondary N) is 1. The molecular weight excluding hydrogens is 410 g/mol. The maximum absolute atomic E-state index is 12.9. The number of ether oxygens (including phenoxy) is 2. The number of fused-ring (bicyclic) bond motifs is 1. The average molecular weight is 431 g/mol. The predicted molar refractivity (Wildman–Crippen MR) is 106 cm³/mol. The van der Waals surface area contributed by atoms with E-state index >= 15 is 0 Å². The first kappa shape index (κ1) is 20.5. The van der Waals surface area contributed by atoms with Crippen molar-refractivity contribution in [3.63, 3.8) is 0 Å². The van der Waals surface area contributed by atoms with Crippen LogP contribution in [0.1, 0.15) is 39.3 Å². The minimum absolute atomic E-state index is 0.0600. The van der Waals surface area contributed by atoms with Crippen molar-refractivity contribution in [2.75, 3.05) is 20.3 Å². The molecule has 1 fully saturated rings. The standard InChI is InChI=1S/C20H21N3O6S/c1-28-16-7-6-13(10-17(16)30(26,27)22-11-14-4-3-9-29-14)12-23-19(24)15-5-2-8-21-18(15)20(23)25/h2,5-8,10,14,22H,3-4,9,11-12H2,1H3/t14-/m1/s1. The maximum Gasteiger partial charge on any atom is 0.280 e. The summed E-state index contributed by atoms with van der Waals surface area (Å²) >= 11 is 0. The van der Waals surface area contributed by atoms with Crippen LogP contribution in [0.25, 0.3) is 0 Å². The summed E-state index contributed by atoms with van der Waals surface area (Å²) in [5.41, 5.74) is 0.812. The highest BCUT2D eigenvalue weighted by Crippen LogP contribution is 2.28. The lowest BCUT2D eigenvalue weighted by molar-refractivity contribution is 0.0640. The number of sulfonamides is 1. The summed E-state index contributed by atoms with van der Waals surface area (Å²) in [4.78, 5) is 30.1. The summed E-state index contributed by atoms with van der Waals surface area (Å²) in [6.45, 7) is 0.715. The van der Waals surface area contributed by atoms with Gasteiger partial charge in [-0.1, -0.05) is 6.07 Å². The fourth-order valence-electron chi connectivity index (χ4n) is 3.56. The van der Waals surface area contributed by atoms with Crippen molar-refractivity contribution in [2.24, 2.45) is 0 Å². The highest BCUT2D eigenvalue weighted by atomic mass is 32.2. The quantitative estimate of drug-likeness (QED) is 0.658. The molecule has 1 aromatic heterocycles. The zero-order valence-corrected chi connectivity index (χ0v) is 17.1. The van der Waals surface area contributed by atoms with Gasteiger partial charge in [-0.15, -0.1) is 0 Å². The summed E-state index contributed by atoms with van der Waals surface area (Å²) in [7, 11) is -2.50. The summed E-state index contributed by atoms with van der Waals surface area (Å²) in [5, 5.41) is 0. The third-order valence-corrected chi connectivity index (χ3v) is 6.56. The molecule has 30 heavy (non-hydrogen) atoms. The van der Waals surface area contributed by atoms with Crippen LogP contribution in [-0.2, 0) is 21.3 Å². The number of carbonyl (C=O) groups is 2. The van der Waals surface area contributed by atoms with Crippen molar-refractivity contribution < 1.29 is 27.5 Å². The third-order valence-electron chi connectivity index (χ3n) is 5.11. The molecule has 1 atom stereocenters. The van der Waals surface area contributed by atoms with E-state index in [1.165, 1.54) is 25.4 Å². The van der Waals surface area contributed by atoms with Gasteiger partial charge in [0.2, 0.25) is 10.0 Å². The van der Waals surface area contributed by atoms with Crippen molar-refractivity contribution >= 4 is 21.8 Å². The molecule has 2 aromatic rings. The predicted octanol–water partition coefficient (Wildman–Crippen LogP) is 1.34. The molecule has 1 aromatic carbocycles. The van der Waals surface area contributed by atoms with E-state index in [2.05, 4.69) is 9.71 Å². The third kappa shape index (κ3) is 3.81. The molecule has 0 saturated carbocycles. The maximum atomic E-state index is 12.9. The normalized spacial score (nSPS) is 18.7. The first-order valence-corrected chi connectivity index (χ1v) is 11.0. The Kier molecular flexibility index (Phi) is 5.54. The van der Waals surface area contributed by atoms with Gasteiger partial charge in [0.25, 0.3) is 11.8 Å². The van der Waals surface area contributed by atoms with E-state index in [0.29, 0.717) is 12.2 Å². The lowest BCUT2D eigenvalue weighted by atomic mass is 10.2. The first-order chi connectivity index (χ1) is 14.4. The molecule has 4 rings (SSSR count). The fraction of sp³-hybridized carbons (Fsp3) is 0.350. The van der Waals surface area contributed by atoms with Crippen LogP contribution < -0.4 is 9.46 Å². The van der Waals surface area contributed by atoms with Crippen LogP contribution in [0.5, 0.6) is 5.75 Å². The van der Waals surface area contributed by atoms with Crippen molar-refractivity contribution in [3.05, 3.63) is 53.3 Å². The van der Waals surface area contributed by atoms with E-state index in [4.69, 9.17) is 9.47 Å². The van der Waals surface area contributed by atoms with E-state index in [1.807, 2.05) is 0 Å². The molecule has 0 aliphatic carbocycles. The molecule has 2 aliphatic rings. The Bertz CT molecular complexity index is 1060. The average Bonchev–Trinajstić information content (AvgIpc) is 3.36. The van der Waals surface area contributed by atoms with Crippen LogP contribution in [0.3, 0.4) is 0 Å². The van der Waals surface area contributed by atoms with Gasteiger partial charge in [0, 0.05) is 19.3 Å². The summed E-state index contributed by atoms with van der Waals surface area (Å²) in [5.74, 6) is -0.796. The van der Waals surface area contributed by atoms with E-state index in [0.717, 1.165) is 17.7 Å². The minimum Gasteiger partial charge on any atom is -0.495 e. The number of hydrogen-bond donors (Lipinski definition) is 1. The molecule has 1 saturated heterocycles. The number of pyridine rings is 1. The zero-order valence-electron chi connectivity index (χ0n) is 16.3. The van der Waals surface area contributed by atoms with Gasteiger partial charge in [-0.25, -0.2) is 13.1 Å². The Morgan fingerprint density at radius 2 is 2.10 bits per heavy atom. The van der Waals surface area contributed by atoms with Gasteiger partial charge >= 0.3 is 0 Å². The number of hydrogen-bond acceptors (Lipinski definition) is 7. The van der Waals surface area contributed by atoms with Gasteiger partial charge in [0.15, 0.2) is 0 Å². The minimum atomic E-state index is -3.88. The largest absolute Gasteiger partial charge is 0.495 e. The van der Waals surface area contributed by atoms with Gasteiger partial charge in [-0.3, -0.25) is 19.5 Å². The summed E-state index contributed by atoms with van der Waals surface area (Å²) in [6, 6.07) is 7.67. The van der Waals surface area contributed by atoms with Crippen LogP contribution in [0.4, 0.5) is 0 Å². The van der Waals surface area contributed by atoms with E-state index < -0.39 is 21.8 Å². The number of rotatable bonds is 7. The van der Waals surface area contributed by atoms with Crippen molar-refractivity contribution in [2.45, 2.75) is 30.4 Å². The molecule has 3 heterocycles. The number of nitrogens with zero attached hydrogens (tertiary/aromatic N) is 2. The van der Waals surface area contributed by atoms with E-state index in [1.54, 1.807) is 18.2 Å². The molecule has 0 unspecified atom stereocenters. The molecule has 9 nitrogen and oxygen atoms in total. The highest BCUT2D eigenvalue weighted by Gasteiger charge is 2.36. The molecule has 0 radical (unpaired) electrons. The summed E-state index contributed by atoms with van der Waals surface area (Å²) in [6.07, 6.45) is 3.00. The number of amides is 2. The monoisotopic (exact) mass is 431 g/mol. The number of methoxy groups -OCH3 is 1. The topological polar surface area (TPSA) is 115 Å². The summed E-state index contributed by atoms with van der Waals surface area (Å²) < 4.78 is 39.0. The van der Waals surface area contributed by atoms with Gasteiger partial charge in [-0.05, 0) is 42.7 Å². The second-order valence-corrected chi connectivity index (χ2v) is 8.80. The molecule has 158 valence electrons. The molecule has 1 N–H and O–H groups in total. The number of carbonyl (C=O) groups excluding carboxylic acids is 2. The molecule has 0 spiro atoms.